The van der Waals surface area contributed by atoms with Crippen LogP contribution >= 0.6 is 11.6 Å². The molecule has 0 fully saturated rings. The van der Waals surface area contributed by atoms with Gasteiger partial charge in [-0.25, -0.2) is 8.42 Å². The third-order valence-corrected chi connectivity index (χ3v) is 4.47. The van der Waals surface area contributed by atoms with Crippen LogP contribution < -0.4 is 5.73 Å². The molecule has 6 nitrogen and oxygen atoms in total. The number of hydrogen-bond donors (Lipinski definition) is 2. The Bertz CT molecular complexity index is 559. The highest BCUT2D eigenvalue weighted by molar-refractivity contribution is 7.89. The SMILES string of the molecule is CCN(CC(=O)O)S(=O)(=O)c1cc(Cl)ccc1N. The smallest absolute Gasteiger partial charge is 0.318 e. The molecule has 0 aliphatic carbocycles. The molecule has 0 bridgehead atoms. The van der Waals surface area contributed by atoms with Crippen molar-refractivity contribution in [1.82, 2.24) is 4.31 Å². The number of aliphatic carboxylic acids is 1. The van der Waals surface area contributed by atoms with E-state index in [0.29, 0.717) is 0 Å². The van der Waals surface area contributed by atoms with Crippen molar-refractivity contribution in [2.45, 2.75) is 11.8 Å². The van der Waals surface area contributed by atoms with E-state index in [1.807, 2.05) is 0 Å². The highest BCUT2D eigenvalue weighted by atomic mass is 35.5. The van der Waals surface area contributed by atoms with Gasteiger partial charge < -0.3 is 10.8 Å². The monoisotopic (exact) mass is 292 g/mol. The number of hydrogen-bond acceptors (Lipinski definition) is 4. The molecule has 1 rings (SSSR count). The average Bonchev–Trinajstić information content (AvgIpc) is 2.28. The minimum Gasteiger partial charge on any atom is -0.480 e. The number of sulfonamides is 1. The van der Waals surface area contributed by atoms with Crippen LogP contribution in [0.15, 0.2) is 23.1 Å². The van der Waals surface area contributed by atoms with Crippen LogP contribution in [0.25, 0.3) is 0 Å². The predicted molar refractivity (Wildman–Crippen MR) is 67.9 cm³/mol. The number of carboxylic acid groups (broad SMARTS) is 1. The molecule has 0 atom stereocenters. The molecule has 0 aliphatic heterocycles. The van der Waals surface area contributed by atoms with Gasteiger partial charge in [0.05, 0.1) is 5.69 Å². The molecule has 0 saturated heterocycles. The second-order valence-corrected chi connectivity index (χ2v) is 5.85. The molecule has 0 aliphatic rings. The molecule has 3 N–H and O–H groups in total. The van der Waals surface area contributed by atoms with E-state index in [4.69, 9.17) is 22.4 Å². The molecule has 8 heteroatoms. The number of nitrogens with zero attached hydrogens (tertiary/aromatic N) is 1. The molecule has 0 radical (unpaired) electrons. The first-order valence-electron chi connectivity index (χ1n) is 5.06. The minimum atomic E-state index is -3.96. The van der Waals surface area contributed by atoms with E-state index in [1.54, 1.807) is 6.92 Å². The van der Waals surface area contributed by atoms with E-state index in [1.165, 1.54) is 18.2 Å². The average molecular weight is 293 g/mol. The maximum atomic E-state index is 12.2. The molecule has 18 heavy (non-hydrogen) atoms. The molecular weight excluding hydrogens is 280 g/mol. The fourth-order valence-electron chi connectivity index (χ4n) is 1.39. The summed E-state index contributed by atoms with van der Waals surface area (Å²) in [4.78, 5) is 10.5. The lowest BCUT2D eigenvalue weighted by Crippen LogP contribution is -2.35. The zero-order chi connectivity index (χ0) is 13.9. The lowest BCUT2D eigenvalue weighted by atomic mass is 10.3. The molecule has 0 unspecified atom stereocenters. The van der Waals surface area contributed by atoms with Gasteiger partial charge in [0.1, 0.15) is 11.4 Å². The van der Waals surface area contributed by atoms with Crippen LogP contribution in [-0.4, -0.2) is 36.9 Å². The Kier molecular flexibility index (Phi) is 4.55. The maximum Gasteiger partial charge on any atom is 0.318 e. The van der Waals surface area contributed by atoms with Crippen molar-refractivity contribution >= 4 is 33.3 Å². The second-order valence-electron chi connectivity index (χ2n) is 3.51. The number of likely N-dealkylation sites (N-methyl/N-ethyl adjacent to an activating group) is 1. The number of nitrogen functional groups attached to an aromatic ring is 1. The first kappa shape index (κ1) is 14.7. The maximum absolute atomic E-state index is 12.2. The fourth-order valence-corrected chi connectivity index (χ4v) is 3.17. The largest absolute Gasteiger partial charge is 0.480 e. The summed E-state index contributed by atoms with van der Waals surface area (Å²) in [6, 6.07) is 4.03. The second kappa shape index (κ2) is 5.55. The van der Waals surface area contributed by atoms with Crippen molar-refractivity contribution in [3.05, 3.63) is 23.2 Å². The van der Waals surface area contributed by atoms with Crippen LogP contribution in [0.4, 0.5) is 5.69 Å². The van der Waals surface area contributed by atoms with E-state index in [0.717, 1.165) is 4.31 Å². The van der Waals surface area contributed by atoms with Crippen molar-refractivity contribution in [3.63, 3.8) is 0 Å². The molecule has 0 aromatic heterocycles. The number of nitrogens with two attached hydrogens (primary N) is 1. The molecule has 0 heterocycles. The van der Waals surface area contributed by atoms with E-state index in [2.05, 4.69) is 0 Å². The fraction of sp³-hybridized carbons (Fsp3) is 0.300. The highest BCUT2D eigenvalue weighted by Crippen LogP contribution is 2.25. The summed E-state index contributed by atoms with van der Waals surface area (Å²) in [6.07, 6.45) is 0. The predicted octanol–water partition coefficient (Wildman–Crippen LogP) is 1.02. The number of rotatable bonds is 5. The Morgan fingerprint density at radius 3 is 2.61 bits per heavy atom. The number of benzene rings is 1. The molecule has 1 aromatic carbocycles. The standard InChI is InChI=1S/C10H13ClN2O4S/c1-2-13(6-10(14)15)18(16,17)9-5-7(11)3-4-8(9)12/h3-5H,2,6,12H2,1H3,(H,14,15). The summed E-state index contributed by atoms with van der Waals surface area (Å²) in [6.45, 7) is 0.951. The molecule has 1 aromatic rings. The Morgan fingerprint density at radius 1 is 1.50 bits per heavy atom. The zero-order valence-electron chi connectivity index (χ0n) is 9.63. The van der Waals surface area contributed by atoms with E-state index in [-0.39, 0.29) is 22.2 Å². The lowest BCUT2D eigenvalue weighted by molar-refractivity contribution is -0.137. The summed E-state index contributed by atoms with van der Waals surface area (Å²) >= 11 is 5.72. The Morgan fingerprint density at radius 2 is 2.11 bits per heavy atom. The van der Waals surface area contributed by atoms with Crippen LogP contribution in [0.2, 0.25) is 5.02 Å². The Balaban J connectivity index is 3.26. The van der Waals surface area contributed by atoms with Crippen LogP contribution in [0.3, 0.4) is 0 Å². The van der Waals surface area contributed by atoms with Crippen molar-refractivity contribution in [1.29, 1.82) is 0 Å². The normalized spacial score (nSPS) is 11.7. The van der Waals surface area contributed by atoms with Gasteiger partial charge in [0.25, 0.3) is 0 Å². The summed E-state index contributed by atoms with van der Waals surface area (Å²) in [5, 5.41) is 8.90. The number of halogens is 1. The van der Waals surface area contributed by atoms with Crippen molar-refractivity contribution < 1.29 is 18.3 Å². The van der Waals surface area contributed by atoms with Crippen LogP contribution in [0.1, 0.15) is 6.92 Å². The molecule has 0 spiro atoms. The highest BCUT2D eigenvalue weighted by Gasteiger charge is 2.27. The zero-order valence-corrected chi connectivity index (χ0v) is 11.2. The van der Waals surface area contributed by atoms with Crippen LogP contribution in [0, 0.1) is 0 Å². The van der Waals surface area contributed by atoms with Gasteiger partial charge in [-0.2, -0.15) is 4.31 Å². The van der Waals surface area contributed by atoms with Gasteiger partial charge in [0.2, 0.25) is 10.0 Å². The summed E-state index contributed by atoms with van der Waals surface area (Å²) in [5.74, 6) is -1.24. The minimum absolute atomic E-state index is 0.0284. The number of anilines is 1. The Hall–Kier alpha value is -1.31. The molecule has 0 amide bonds. The van der Waals surface area contributed by atoms with Gasteiger partial charge in [-0.1, -0.05) is 18.5 Å². The van der Waals surface area contributed by atoms with Gasteiger partial charge >= 0.3 is 5.97 Å². The van der Waals surface area contributed by atoms with Crippen molar-refractivity contribution in [3.8, 4) is 0 Å². The van der Waals surface area contributed by atoms with Crippen LogP contribution in [-0.2, 0) is 14.8 Å². The third kappa shape index (κ3) is 3.12. The number of carbonyl (C=O) groups is 1. The topological polar surface area (TPSA) is 101 Å². The lowest BCUT2D eigenvalue weighted by Gasteiger charge is -2.19. The van der Waals surface area contributed by atoms with Gasteiger partial charge in [-0.15, -0.1) is 0 Å². The van der Waals surface area contributed by atoms with Gasteiger partial charge in [-0.3, -0.25) is 4.79 Å². The summed E-state index contributed by atoms with van der Waals surface area (Å²) < 4.78 is 25.2. The van der Waals surface area contributed by atoms with Crippen molar-refractivity contribution in [2.24, 2.45) is 0 Å². The van der Waals surface area contributed by atoms with E-state index >= 15 is 0 Å². The van der Waals surface area contributed by atoms with Gasteiger partial charge in [0.15, 0.2) is 0 Å². The quantitative estimate of drug-likeness (QED) is 0.789. The van der Waals surface area contributed by atoms with Crippen molar-refractivity contribution in [2.75, 3.05) is 18.8 Å². The Labute approximate surface area is 110 Å². The first-order valence-corrected chi connectivity index (χ1v) is 6.87. The van der Waals surface area contributed by atoms with E-state index in [9.17, 15) is 13.2 Å². The van der Waals surface area contributed by atoms with Gasteiger partial charge in [0, 0.05) is 11.6 Å². The molecular formula is C10H13ClN2O4S. The third-order valence-electron chi connectivity index (χ3n) is 2.26. The summed E-state index contributed by atoms with van der Waals surface area (Å²) in [7, 11) is -3.96. The number of carboxylic acids is 1. The first-order chi connectivity index (χ1) is 8.28. The van der Waals surface area contributed by atoms with Crippen LogP contribution in [0.5, 0.6) is 0 Å². The van der Waals surface area contributed by atoms with Gasteiger partial charge in [-0.05, 0) is 18.2 Å². The van der Waals surface area contributed by atoms with E-state index < -0.39 is 22.5 Å². The molecule has 100 valence electrons. The molecule has 0 saturated carbocycles. The summed E-state index contributed by atoms with van der Waals surface area (Å²) in [5.41, 5.74) is 5.62.